The second kappa shape index (κ2) is 5.62. The van der Waals surface area contributed by atoms with Gasteiger partial charge in [-0.2, -0.15) is 5.10 Å². The lowest BCUT2D eigenvalue weighted by molar-refractivity contribution is -0.384. The fourth-order valence-corrected chi connectivity index (χ4v) is 2.67. The third-order valence-corrected chi connectivity index (χ3v) is 4.03. The van der Waals surface area contributed by atoms with Crippen LogP contribution >= 0.6 is 11.3 Å². The Morgan fingerprint density at radius 3 is 2.76 bits per heavy atom. The Morgan fingerprint density at radius 1 is 1.57 bits per heavy atom. The van der Waals surface area contributed by atoms with E-state index in [2.05, 4.69) is 5.10 Å². The Labute approximate surface area is 124 Å². The molecule has 2 aromatic heterocycles. The van der Waals surface area contributed by atoms with Crippen molar-refractivity contribution >= 4 is 22.9 Å². The highest BCUT2D eigenvalue weighted by Gasteiger charge is 2.24. The molecule has 0 aliphatic heterocycles. The van der Waals surface area contributed by atoms with E-state index in [1.54, 1.807) is 14.1 Å². The van der Waals surface area contributed by atoms with E-state index in [-0.39, 0.29) is 22.3 Å². The van der Waals surface area contributed by atoms with Gasteiger partial charge in [0.15, 0.2) is 10.7 Å². The maximum absolute atomic E-state index is 11.8. The number of aliphatic hydroxyl groups is 1. The van der Waals surface area contributed by atoms with Crippen molar-refractivity contribution < 1.29 is 14.8 Å². The SMILES string of the molecule is C[C@H](O)c1cc([N+](=O)[O-])c(-n2ccc(C(=O)N(C)C)n2)s1. The third-order valence-electron chi connectivity index (χ3n) is 2.74. The van der Waals surface area contributed by atoms with Gasteiger partial charge in [0.25, 0.3) is 5.91 Å². The van der Waals surface area contributed by atoms with Crippen LogP contribution in [0.3, 0.4) is 0 Å². The van der Waals surface area contributed by atoms with Crippen molar-refractivity contribution in [1.29, 1.82) is 0 Å². The van der Waals surface area contributed by atoms with Crippen molar-refractivity contribution in [2.24, 2.45) is 0 Å². The Morgan fingerprint density at radius 2 is 2.24 bits per heavy atom. The van der Waals surface area contributed by atoms with Crippen LogP contribution in [-0.4, -0.2) is 44.7 Å². The molecule has 8 nitrogen and oxygen atoms in total. The highest BCUT2D eigenvalue weighted by atomic mass is 32.1. The van der Waals surface area contributed by atoms with Crippen LogP contribution in [0.5, 0.6) is 0 Å². The number of carbonyl (C=O) groups is 1. The number of hydrogen-bond acceptors (Lipinski definition) is 6. The average molecular weight is 310 g/mol. The standard InChI is InChI=1S/C12H14N4O4S/c1-7(17)10-6-9(16(19)20)12(21-10)15-5-4-8(13-15)11(18)14(2)3/h4-7,17H,1-3H3/t7-/m0/s1. The van der Waals surface area contributed by atoms with Crippen molar-refractivity contribution in [1.82, 2.24) is 14.7 Å². The zero-order chi connectivity index (χ0) is 15.7. The van der Waals surface area contributed by atoms with E-state index in [4.69, 9.17) is 0 Å². The molecule has 0 bridgehead atoms. The molecule has 0 unspecified atom stereocenters. The van der Waals surface area contributed by atoms with Gasteiger partial charge < -0.3 is 10.0 Å². The van der Waals surface area contributed by atoms with Crippen LogP contribution < -0.4 is 0 Å². The molecule has 1 atom stereocenters. The van der Waals surface area contributed by atoms with Gasteiger partial charge in [-0.05, 0) is 13.0 Å². The molecule has 112 valence electrons. The third kappa shape index (κ3) is 2.93. The zero-order valence-electron chi connectivity index (χ0n) is 11.7. The predicted molar refractivity (Wildman–Crippen MR) is 76.7 cm³/mol. The molecule has 1 amide bonds. The molecule has 0 aliphatic rings. The Kier molecular flexibility index (Phi) is 4.05. The molecule has 0 fully saturated rings. The minimum absolute atomic E-state index is 0.150. The predicted octanol–water partition coefficient (Wildman–Crippen LogP) is 1.60. The van der Waals surface area contributed by atoms with Gasteiger partial charge in [-0.3, -0.25) is 14.9 Å². The molecule has 0 saturated heterocycles. The number of aromatic nitrogens is 2. The quantitative estimate of drug-likeness (QED) is 0.682. The molecule has 21 heavy (non-hydrogen) atoms. The van der Waals surface area contributed by atoms with Gasteiger partial charge in [0.2, 0.25) is 0 Å². The van der Waals surface area contributed by atoms with E-state index in [0.717, 1.165) is 11.3 Å². The summed E-state index contributed by atoms with van der Waals surface area (Å²) in [5, 5.41) is 25.0. The second-order valence-electron chi connectivity index (χ2n) is 4.62. The van der Waals surface area contributed by atoms with Crippen LogP contribution in [0, 0.1) is 10.1 Å². The van der Waals surface area contributed by atoms with Crippen LogP contribution in [0.1, 0.15) is 28.4 Å². The van der Waals surface area contributed by atoms with Gasteiger partial charge in [-0.25, -0.2) is 4.68 Å². The first-order chi connectivity index (χ1) is 9.81. The topological polar surface area (TPSA) is 102 Å². The van der Waals surface area contributed by atoms with Crippen LogP contribution in [-0.2, 0) is 0 Å². The lowest BCUT2D eigenvalue weighted by Gasteiger charge is -2.06. The molecule has 2 heterocycles. The van der Waals surface area contributed by atoms with E-state index in [0.29, 0.717) is 4.88 Å². The summed E-state index contributed by atoms with van der Waals surface area (Å²) in [5.74, 6) is -0.288. The number of nitrogens with zero attached hydrogens (tertiary/aromatic N) is 4. The summed E-state index contributed by atoms with van der Waals surface area (Å²) in [7, 11) is 3.20. The maximum atomic E-state index is 11.8. The van der Waals surface area contributed by atoms with E-state index in [1.165, 1.54) is 34.8 Å². The summed E-state index contributed by atoms with van der Waals surface area (Å²) in [4.78, 5) is 24.2. The normalized spacial score (nSPS) is 12.2. The van der Waals surface area contributed by atoms with Gasteiger partial charge >= 0.3 is 5.69 Å². The first-order valence-electron chi connectivity index (χ1n) is 6.05. The van der Waals surface area contributed by atoms with Crippen molar-refractivity contribution in [3.63, 3.8) is 0 Å². The number of hydrogen-bond donors (Lipinski definition) is 1. The van der Waals surface area contributed by atoms with E-state index in [9.17, 15) is 20.0 Å². The molecule has 9 heteroatoms. The molecule has 1 N–H and O–H groups in total. The van der Waals surface area contributed by atoms with Crippen LogP contribution in [0.15, 0.2) is 18.3 Å². The zero-order valence-corrected chi connectivity index (χ0v) is 12.5. The Balaban J connectivity index is 2.47. The average Bonchev–Trinajstić information content (AvgIpc) is 3.03. The summed E-state index contributed by atoms with van der Waals surface area (Å²) < 4.78 is 1.28. The van der Waals surface area contributed by atoms with Crippen molar-refractivity contribution in [3.05, 3.63) is 39.0 Å². The fourth-order valence-electron chi connectivity index (χ4n) is 1.67. The van der Waals surface area contributed by atoms with Crippen molar-refractivity contribution in [3.8, 4) is 5.00 Å². The van der Waals surface area contributed by atoms with Gasteiger partial charge in [0.1, 0.15) is 0 Å². The molecule has 0 saturated carbocycles. The summed E-state index contributed by atoms with van der Waals surface area (Å²) in [5.41, 5.74) is 0.0455. The number of carbonyl (C=O) groups excluding carboxylic acids is 1. The molecular formula is C12H14N4O4S. The summed E-state index contributed by atoms with van der Waals surface area (Å²) >= 11 is 1.07. The molecule has 2 rings (SSSR count). The molecular weight excluding hydrogens is 296 g/mol. The Bertz CT molecular complexity index is 689. The number of aliphatic hydroxyl groups excluding tert-OH is 1. The van der Waals surface area contributed by atoms with Gasteiger partial charge in [0, 0.05) is 31.2 Å². The lowest BCUT2D eigenvalue weighted by Crippen LogP contribution is -2.22. The van der Waals surface area contributed by atoms with E-state index in [1.807, 2.05) is 0 Å². The lowest BCUT2D eigenvalue weighted by atomic mass is 10.3. The van der Waals surface area contributed by atoms with Gasteiger partial charge in [-0.15, -0.1) is 11.3 Å². The molecule has 0 spiro atoms. The highest BCUT2D eigenvalue weighted by molar-refractivity contribution is 7.15. The number of nitro groups is 1. The summed E-state index contributed by atoms with van der Waals surface area (Å²) in [6, 6.07) is 2.81. The summed E-state index contributed by atoms with van der Waals surface area (Å²) in [6.45, 7) is 1.53. The fraction of sp³-hybridized carbons (Fsp3) is 0.333. The maximum Gasteiger partial charge on any atom is 0.306 e. The van der Waals surface area contributed by atoms with E-state index >= 15 is 0 Å². The number of rotatable bonds is 4. The molecule has 0 aliphatic carbocycles. The van der Waals surface area contributed by atoms with Crippen molar-refractivity contribution in [2.75, 3.05) is 14.1 Å². The van der Waals surface area contributed by atoms with E-state index < -0.39 is 11.0 Å². The molecule has 0 aromatic carbocycles. The minimum atomic E-state index is -0.805. The molecule has 0 radical (unpaired) electrons. The Hall–Kier alpha value is -2.26. The number of thiophene rings is 1. The first-order valence-corrected chi connectivity index (χ1v) is 6.86. The monoisotopic (exact) mass is 310 g/mol. The van der Waals surface area contributed by atoms with Gasteiger partial charge in [-0.1, -0.05) is 0 Å². The second-order valence-corrected chi connectivity index (χ2v) is 5.68. The van der Waals surface area contributed by atoms with Crippen molar-refractivity contribution in [2.45, 2.75) is 13.0 Å². The first kappa shape index (κ1) is 15.1. The van der Waals surface area contributed by atoms with Crippen LogP contribution in [0.25, 0.3) is 5.00 Å². The number of amides is 1. The van der Waals surface area contributed by atoms with Crippen LogP contribution in [0.2, 0.25) is 0 Å². The van der Waals surface area contributed by atoms with Crippen LogP contribution in [0.4, 0.5) is 5.69 Å². The minimum Gasteiger partial charge on any atom is -0.388 e. The summed E-state index contributed by atoms with van der Waals surface area (Å²) in [6.07, 6.45) is 0.683. The largest absolute Gasteiger partial charge is 0.388 e. The van der Waals surface area contributed by atoms with Gasteiger partial charge in [0.05, 0.1) is 11.0 Å². The molecule has 2 aromatic rings. The highest BCUT2D eigenvalue weighted by Crippen LogP contribution is 2.35. The smallest absolute Gasteiger partial charge is 0.306 e.